The van der Waals surface area contributed by atoms with Gasteiger partial charge in [0.05, 0.1) is 11.7 Å². The molecule has 0 radical (unpaired) electrons. The highest BCUT2D eigenvalue weighted by Crippen LogP contribution is 2.14. The number of ether oxygens (including phenoxy) is 1. The maximum atomic E-state index is 5.78. The fourth-order valence-corrected chi connectivity index (χ4v) is 1.64. The van der Waals surface area contributed by atoms with E-state index in [1.807, 2.05) is 6.07 Å². The molecule has 1 atom stereocenters. The normalized spacial score (nSPS) is 13.0. The third kappa shape index (κ3) is 3.84. The van der Waals surface area contributed by atoms with Crippen molar-refractivity contribution in [3.8, 4) is 0 Å². The van der Waals surface area contributed by atoms with Gasteiger partial charge in [-0.05, 0) is 19.5 Å². The van der Waals surface area contributed by atoms with E-state index in [4.69, 9.17) is 10.5 Å². The number of hydrogen-bond acceptors (Lipinski definition) is 5. The molecule has 0 spiro atoms. The molecule has 0 amide bonds. The Bertz CT molecular complexity index is 281. The Kier molecular flexibility index (Phi) is 5.92. The van der Waals surface area contributed by atoms with Crippen LogP contribution in [0.3, 0.4) is 0 Å². The summed E-state index contributed by atoms with van der Waals surface area (Å²) in [5, 5.41) is 0. The summed E-state index contributed by atoms with van der Waals surface area (Å²) >= 11 is 0. The van der Waals surface area contributed by atoms with E-state index in [1.165, 1.54) is 0 Å². The Morgan fingerprint density at radius 1 is 1.56 bits per heavy atom. The average Bonchev–Trinajstić information content (AvgIpc) is 2.32. The molecule has 90 valence electrons. The average molecular weight is 224 g/mol. The van der Waals surface area contributed by atoms with Gasteiger partial charge in [0.1, 0.15) is 6.33 Å². The first-order valence-electron chi connectivity index (χ1n) is 5.44. The summed E-state index contributed by atoms with van der Waals surface area (Å²) in [7, 11) is 3.76. The fraction of sp³-hybridized carbons (Fsp3) is 0.636. The van der Waals surface area contributed by atoms with Crippen molar-refractivity contribution in [2.75, 3.05) is 33.9 Å². The Balaban J connectivity index is 2.53. The minimum atomic E-state index is 0.153. The molecule has 0 aromatic carbocycles. The molecule has 0 aliphatic heterocycles. The second-order valence-electron chi connectivity index (χ2n) is 3.71. The van der Waals surface area contributed by atoms with Crippen molar-refractivity contribution in [3.05, 3.63) is 24.3 Å². The third-order valence-corrected chi connectivity index (χ3v) is 2.56. The van der Waals surface area contributed by atoms with Gasteiger partial charge in [0.25, 0.3) is 0 Å². The summed E-state index contributed by atoms with van der Waals surface area (Å²) in [6.45, 7) is 2.27. The van der Waals surface area contributed by atoms with Crippen molar-refractivity contribution >= 4 is 0 Å². The predicted octanol–water partition coefficient (Wildman–Crippen LogP) is 0.445. The largest absolute Gasteiger partial charge is 0.385 e. The molecule has 1 heterocycles. The van der Waals surface area contributed by atoms with Gasteiger partial charge in [-0.1, -0.05) is 0 Å². The maximum Gasteiger partial charge on any atom is 0.115 e. The molecule has 2 N–H and O–H groups in total. The van der Waals surface area contributed by atoms with Crippen LogP contribution in [0.1, 0.15) is 18.2 Å². The van der Waals surface area contributed by atoms with Crippen LogP contribution in [0.4, 0.5) is 0 Å². The molecule has 0 fully saturated rings. The molecule has 0 saturated heterocycles. The number of nitrogens with two attached hydrogens (primary N) is 1. The molecule has 1 rings (SSSR count). The van der Waals surface area contributed by atoms with Crippen molar-refractivity contribution in [3.63, 3.8) is 0 Å². The number of aromatic nitrogens is 2. The zero-order chi connectivity index (χ0) is 11.8. The van der Waals surface area contributed by atoms with Crippen molar-refractivity contribution in [2.24, 2.45) is 5.73 Å². The second kappa shape index (κ2) is 7.27. The Morgan fingerprint density at radius 3 is 2.94 bits per heavy atom. The van der Waals surface area contributed by atoms with Gasteiger partial charge in [-0.2, -0.15) is 0 Å². The van der Waals surface area contributed by atoms with Gasteiger partial charge in [0.15, 0.2) is 0 Å². The van der Waals surface area contributed by atoms with Crippen molar-refractivity contribution in [1.82, 2.24) is 14.9 Å². The van der Waals surface area contributed by atoms with E-state index in [1.54, 1.807) is 19.6 Å². The molecule has 5 heteroatoms. The number of rotatable bonds is 7. The standard InChI is InChI=1S/C11H20N4O/c1-15(6-3-7-16-2)11(8-12)10-4-5-13-9-14-10/h4-5,9,11H,3,6-8,12H2,1-2H3. The summed E-state index contributed by atoms with van der Waals surface area (Å²) in [6.07, 6.45) is 4.30. The van der Waals surface area contributed by atoms with E-state index in [2.05, 4.69) is 21.9 Å². The molecule has 1 aromatic rings. The fourth-order valence-electron chi connectivity index (χ4n) is 1.64. The number of likely N-dealkylation sites (N-methyl/N-ethyl adjacent to an activating group) is 1. The Labute approximate surface area is 96.6 Å². The Morgan fingerprint density at radius 2 is 2.38 bits per heavy atom. The number of nitrogens with zero attached hydrogens (tertiary/aromatic N) is 3. The second-order valence-corrected chi connectivity index (χ2v) is 3.71. The summed E-state index contributed by atoms with van der Waals surface area (Å²) in [6, 6.07) is 2.06. The van der Waals surface area contributed by atoms with Gasteiger partial charge < -0.3 is 10.5 Å². The van der Waals surface area contributed by atoms with Gasteiger partial charge in [0, 0.05) is 33.0 Å². The molecule has 16 heavy (non-hydrogen) atoms. The first kappa shape index (κ1) is 13.0. The van der Waals surface area contributed by atoms with Crippen LogP contribution in [0.25, 0.3) is 0 Å². The molecule has 0 saturated carbocycles. The highest BCUT2D eigenvalue weighted by Gasteiger charge is 2.15. The van der Waals surface area contributed by atoms with Gasteiger partial charge in [-0.15, -0.1) is 0 Å². The molecule has 0 aliphatic rings. The van der Waals surface area contributed by atoms with Gasteiger partial charge in [0.2, 0.25) is 0 Å². The van der Waals surface area contributed by atoms with E-state index in [-0.39, 0.29) is 6.04 Å². The van der Waals surface area contributed by atoms with Crippen LogP contribution in [-0.4, -0.2) is 48.7 Å². The van der Waals surface area contributed by atoms with Crippen LogP contribution in [-0.2, 0) is 4.74 Å². The lowest BCUT2D eigenvalue weighted by molar-refractivity contribution is 0.165. The third-order valence-electron chi connectivity index (χ3n) is 2.56. The summed E-state index contributed by atoms with van der Waals surface area (Å²) in [5.74, 6) is 0. The van der Waals surface area contributed by atoms with E-state index >= 15 is 0 Å². The maximum absolute atomic E-state index is 5.78. The number of methoxy groups -OCH3 is 1. The van der Waals surface area contributed by atoms with Crippen LogP contribution in [0.2, 0.25) is 0 Å². The van der Waals surface area contributed by atoms with Crippen molar-refractivity contribution in [1.29, 1.82) is 0 Å². The molecule has 1 unspecified atom stereocenters. The molecule has 0 bridgehead atoms. The molecular weight excluding hydrogens is 204 g/mol. The Hall–Kier alpha value is -1.04. The minimum Gasteiger partial charge on any atom is -0.385 e. The van der Waals surface area contributed by atoms with Crippen LogP contribution in [0, 0.1) is 0 Å². The van der Waals surface area contributed by atoms with Crippen LogP contribution in [0.15, 0.2) is 18.6 Å². The highest BCUT2D eigenvalue weighted by atomic mass is 16.5. The van der Waals surface area contributed by atoms with Crippen LogP contribution < -0.4 is 5.73 Å². The molecular formula is C11H20N4O. The van der Waals surface area contributed by atoms with Crippen molar-refractivity contribution < 1.29 is 4.74 Å². The number of hydrogen-bond donors (Lipinski definition) is 1. The predicted molar refractivity (Wildman–Crippen MR) is 63.0 cm³/mol. The van der Waals surface area contributed by atoms with E-state index < -0.39 is 0 Å². The zero-order valence-corrected chi connectivity index (χ0v) is 9.97. The first-order valence-corrected chi connectivity index (χ1v) is 5.44. The highest BCUT2D eigenvalue weighted by molar-refractivity contribution is 5.05. The lowest BCUT2D eigenvalue weighted by atomic mass is 10.1. The first-order chi connectivity index (χ1) is 7.79. The van der Waals surface area contributed by atoms with E-state index in [9.17, 15) is 0 Å². The zero-order valence-electron chi connectivity index (χ0n) is 9.97. The lowest BCUT2D eigenvalue weighted by Crippen LogP contribution is -2.32. The van der Waals surface area contributed by atoms with Gasteiger partial charge >= 0.3 is 0 Å². The monoisotopic (exact) mass is 224 g/mol. The van der Waals surface area contributed by atoms with Crippen LogP contribution in [0.5, 0.6) is 0 Å². The summed E-state index contributed by atoms with van der Waals surface area (Å²) in [4.78, 5) is 10.3. The van der Waals surface area contributed by atoms with Crippen molar-refractivity contribution in [2.45, 2.75) is 12.5 Å². The summed E-state index contributed by atoms with van der Waals surface area (Å²) in [5.41, 5.74) is 6.75. The van der Waals surface area contributed by atoms with Gasteiger partial charge in [-0.25, -0.2) is 9.97 Å². The lowest BCUT2D eigenvalue weighted by Gasteiger charge is -2.26. The topological polar surface area (TPSA) is 64.3 Å². The quantitative estimate of drug-likeness (QED) is 0.681. The SMILES string of the molecule is COCCCN(C)C(CN)c1ccncn1. The smallest absolute Gasteiger partial charge is 0.115 e. The van der Waals surface area contributed by atoms with Crippen LogP contribution >= 0.6 is 0 Å². The minimum absolute atomic E-state index is 0.153. The van der Waals surface area contributed by atoms with E-state index in [0.717, 1.165) is 25.3 Å². The van der Waals surface area contributed by atoms with E-state index in [0.29, 0.717) is 6.54 Å². The summed E-state index contributed by atoms with van der Waals surface area (Å²) < 4.78 is 5.03. The molecule has 1 aromatic heterocycles. The molecule has 0 aliphatic carbocycles. The van der Waals surface area contributed by atoms with Gasteiger partial charge in [-0.3, -0.25) is 4.90 Å². The molecule has 5 nitrogen and oxygen atoms in total.